The third kappa shape index (κ3) is 1.65. The maximum absolute atomic E-state index is 11.0. The lowest BCUT2D eigenvalue weighted by molar-refractivity contribution is 0.0979. The van der Waals surface area contributed by atoms with E-state index in [-0.39, 0.29) is 12.4 Å². The number of Topliss-reactive ketones (excluding diaryl/α,β-unsaturated/α-hetero) is 1. The minimum Gasteiger partial charge on any atom is -0.390 e. The number of aliphatic hydroxyl groups is 1. The first kappa shape index (κ1) is 7.94. The van der Waals surface area contributed by atoms with E-state index in [1.807, 2.05) is 0 Å². The standard InChI is InChI=1S/C7H10N2O2/c1-2-6(11)7-8-3-5(4-10)9-7/h3,10H,2,4H2,1H3,(H,8,9). The van der Waals surface area contributed by atoms with Gasteiger partial charge in [0, 0.05) is 12.6 Å². The monoisotopic (exact) mass is 154 g/mol. The summed E-state index contributed by atoms with van der Waals surface area (Å²) in [6.45, 7) is 1.64. The minimum atomic E-state index is -0.131. The molecule has 2 N–H and O–H groups in total. The van der Waals surface area contributed by atoms with Crippen molar-refractivity contribution in [3.8, 4) is 0 Å². The van der Waals surface area contributed by atoms with Crippen LogP contribution in [0.3, 0.4) is 0 Å². The number of rotatable bonds is 3. The van der Waals surface area contributed by atoms with Gasteiger partial charge in [0.2, 0.25) is 0 Å². The Kier molecular flexibility index (Phi) is 2.38. The average molecular weight is 154 g/mol. The second-order valence-corrected chi connectivity index (χ2v) is 2.18. The van der Waals surface area contributed by atoms with E-state index in [0.717, 1.165) is 0 Å². The number of hydrogen-bond acceptors (Lipinski definition) is 3. The number of carbonyl (C=O) groups excluding carboxylic acids is 1. The van der Waals surface area contributed by atoms with Gasteiger partial charge in [-0.3, -0.25) is 4.79 Å². The van der Waals surface area contributed by atoms with Crippen LogP contribution in [0.4, 0.5) is 0 Å². The Balaban J connectivity index is 2.80. The van der Waals surface area contributed by atoms with Crippen LogP contribution in [0.1, 0.15) is 29.7 Å². The number of carbonyl (C=O) groups is 1. The normalized spacial score (nSPS) is 10.0. The molecule has 0 aliphatic rings. The van der Waals surface area contributed by atoms with Gasteiger partial charge in [0.15, 0.2) is 11.6 Å². The lowest BCUT2D eigenvalue weighted by atomic mass is 10.3. The van der Waals surface area contributed by atoms with E-state index in [9.17, 15) is 4.79 Å². The molecule has 4 heteroatoms. The molecular weight excluding hydrogens is 144 g/mol. The third-order valence-corrected chi connectivity index (χ3v) is 1.38. The van der Waals surface area contributed by atoms with Crippen LogP contribution in [-0.4, -0.2) is 20.9 Å². The van der Waals surface area contributed by atoms with Crippen molar-refractivity contribution in [2.24, 2.45) is 0 Å². The van der Waals surface area contributed by atoms with Crippen molar-refractivity contribution in [1.82, 2.24) is 9.97 Å². The molecule has 0 aliphatic carbocycles. The number of aliphatic hydroxyl groups excluding tert-OH is 1. The summed E-state index contributed by atoms with van der Waals surface area (Å²) in [7, 11) is 0. The molecule has 0 spiro atoms. The molecule has 1 aromatic heterocycles. The minimum absolute atomic E-state index is 0.0373. The molecule has 0 unspecified atom stereocenters. The second kappa shape index (κ2) is 3.30. The molecule has 1 rings (SSSR count). The molecule has 1 heterocycles. The number of ketones is 1. The molecule has 60 valence electrons. The molecule has 0 aromatic carbocycles. The van der Waals surface area contributed by atoms with E-state index >= 15 is 0 Å². The van der Waals surface area contributed by atoms with Crippen molar-refractivity contribution in [2.45, 2.75) is 20.0 Å². The van der Waals surface area contributed by atoms with Crippen LogP contribution in [0, 0.1) is 0 Å². The fraction of sp³-hybridized carbons (Fsp3) is 0.429. The molecule has 1 aromatic rings. The highest BCUT2D eigenvalue weighted by atomic mass is 16.3. The summed E-state index contributed by atoms with van der Waals surface area (Å²) in [6, 6.07) is 0. The van der Waals surface area contributed by atoms with Gasteiger partial charge in [-0.15, -0.1) is 0 Å². The molecule has 0 amide bonds. The number of imidazole rings is 1. The second-order valence-electron chi connectivity index (χ2n) is 2.18. The highest BCUT2D eigenvalue weighted by Crippen LogP contribution is 1.99. The molecule has 0 saturated carbocycles. The van der Waals surface area contributed by atoms with E-state index in [0.29, 0.717) is 17.9 Å². The van der Waals surface area contributed by atoms with Crippen molar-refractivity contribution < 1.29 is 9.90 Å². The summed E-state index contributed by atoms with van der Waals surface area (Å²) in [6.07, 6.45) is 1.96. The maximum atomic E-state index is 11.0. The highest BCUT2D eigenvalue weighted by molar-refractivity contribution is 5.92. The van der Waals surface area contributed by atoms with Crippen molar-refractivity contribution in [3.05, 3.63) is 17.7 Å². The lowest BCUT2D eigenvalue weighted by Gasteiger charge is -1.87. The fourth-order valence-electron chi connectivity index (χ4n) is 0.751. The number of nitrogens with one attached hydrogen (secondary N) is 1. The highest BCUT2D eigenvalue weighted by Gasteiger charge is 2.06. The topological polar surface area (TPSA) is 66.0 Å². The zero-order valence-corrected chi connectivity index (χ0v) is 6.29. The Bertz CT molecular complexity index is 255. The third-order valence-electron chi connectivity index (χ3n) is 1.38. The Morgan fingerprint density at radius 2 is 2.55 bits per heavy atom. The van der Waals surface area contributed by atoms with Gasteiger partial charge in [-0.2, -0.15) is 0 Å². The number of aromatic amines is 1. The van der Waals surface area contributed by atoms with Crippen molar-refractivity contribution >= 4 is 5.78 Å². The van der Waals surface area contributed by atoms with Crippen LogP contribution in [0.25, 0.3) is 0 Å². The Morgan fingerprint density at radius 3 is 3.00 bits per heavy atom. The van der Waals surface area contributed by atoms with Gasteiger partial charge in [0.1, 0.15) is 0 Å². The summed E-state index contributed by atoms with van der Waals surface area (Å²) < 4.78 is 0. The lowest BCUT2D eigenvalue weighted by Crippen LogP contribution is -1.99. The summed E-state index contributed by atoms with van der Waals surface area (Å²) in [5.74, 6) is 0.293. The fourth-order valence-corrected chi connectivity index (χ4v) is 0.751. The van der Waals surface area contributed by atoms with E-state index in [2.05, 4.69) is 9.97 Å². The van der Waals surface area contributed by atoms with Gasteiger partial charge in [-0.05, 0) is 0 Å². The van der Waals surface area contributed by atoms with Crippen molar-refractivity contribution in [2.75, 3.05) is 0 Å². The molecule has 0 saturated heterocycles. The average Bonchev–Trinajstić information content (AvgIpc) is 2.50. The van der Waals surface area contributed by atoms with Crippen molar-refractivity contribution in [1.29, 1.82) is 0 Å². The molecule has 0 radical (unpaired) electrons. The van der Waals surface area contributed by atoms with Crippen molar-refractivity contribution in [3.63, 3.8) is 0 Å². The molecule has 4 nitrogen and oxygen atoms in total. The summed E-state index contributed by atoms with van der Waals surface area (Å²) in [5.41, 5.74) is 0.502. The predicted octanol–water partition coefficient (Wildman–Crippen LogP) is 0.495. The largest absolute Gasteiger partial charge is 0.390 e. The molecule has 0 fully saturated rings. The van der Waals surface area contributed by atoms with Gasteiger partial charge in [-0.25, -0.2) is 4.98 Å². The van der Waals surface area contributed by atoms with Crippen LogP contribution in [0.15, 0.2) is 6.20 Å². The number of nitrogens with zero attached hydrogens (tertiary/aromatic N) is 1. The summed E-state index contributed by atoms with van der Waals surface area (Å²) in [5, 5.41) is 8.61. The van der Waals surface area contributed by atoms with E-state index < -0.39 is 0 Å². The van der Waals surface area contributed by atoms with Gasteiger partial charge in [0.25, 0.3) is 0 Å². The molecular formula is C7H10N2O2. The zero-order chi connectivity index (χ0) is 8.27. The quantitative estimate of drug-likeness (QED) is 0.623. The smallest absolute Gasteiger partial charge is 0.197 e. The number of hydrogen-bond donors (Lipinski definition) is 2. The summed E-state index contributed by atoms with van der Waals surface area (Å²) in [4.78, 5) is 17.5. The van der Waals surface area contributed by atoms with Gasteiger partial charge in [-0.1, -0.05) is 6.92 Å². The Hall–Kier alpha value is -1.16. The molecule has 0 atom stereocenters. The van der Waals surface area contributed by atoms with Gasteiger partial charge in [0.05, 0.1) is 12.3 Å². The first-order valence-electron chi connectivity index (χ1n) is 3.46. The first-order valence-corrected chi connectivity index (χ1v) is 3.46. The zero-order valence-electron chi connectivity index (χ0n) is 6.29. The van der Waals surface area contributed by atoms with Crippen LogP contribution in [-0.2, 0) is 6.61 Å². The van der Waals surface area contributed by atoms with Gasteiger partial charge < -0.3 is 10.1 Å². The van der Waals surface area contributed by atoms with Crippen LogP contribution in [0.5, 0.6) is 0 Å². The van der Waals surface area contributed by atoms with Crippen LogP contribution in [0.2, 0.25) is 0 Å². The number of H-pyrrole nitrogens is 1. The predicted molar refractivity (Wildman–Crippen MR) is 39.1 cm³/mol. The van der Waals surface area contributed by atoms with E-state index in [1.165, 1.54) is 6.20 Å². The molecule has 0 aliphatic heterocycles. The van der Waals surface area contributed by atoms with Crippen LogP contribution >= 0.6 is 0 Å². The molecule has 11 heavy (non-hydrogen) atoms. The SMILES string of the molecule is CCC(=O)c1nc(CO)c[nH]1. The van der Waals surface area contributed by atoms with Crippen LogP contribution < -0.4 is 0 Å². The van der Waals surface area contributed by atoms with E-state index in [1.54, 1.807) is 6.92 Å². The maximum Gasteiger partial charge on any atom is 0.197 e. The first-order chi connectivity index (χ1) is 5.27. The van der Waals surface area contributed by atoms with E-state index in [4.69, 9.17) is 5.11 Å². The molecule has 0 bridgehead atoms. The number of aromatic nitrogens is 2. The van der Waals surface area contributed by atoms with Gasteiger partial charge >= 0.3 is 0 Å². The summed E-state index contributed by atoms with van der Waals surface area (Å²) >= 11 is 0. The Morgan fingerprint density at radius 1 is 1.82 bits per heavy atom. The Labute approximate surface area is 64.3 Å².